The van der Waals surface area contributed by atoms with E-state index >= 15 is 0 Å². The average Bonchev–Trinajstić information content (AvgIpc) is 3.45. The molecule has 288 valence electrons. The van der Waals surface area contributed by atoms with Crippen molar-refractivity contribution >= 4 is 0 Å². The summed E-state index contributed by atoms with van der Waals surface area (Å²) in [5.41, 5.74) is 2.18. The van der Waals surface area contributed by atoms with Gasteiger partial charge in [0.25, 0.3) is 0 Å². The van der Waals surface area contributed by atoms with E-state index in [1.807, 2.05) is 0 Å². The van der Waals surface area contributed by atoms with E-state index < -0.39 is 74.4 Å². The van der Waals surface area contributed by atoms with Gasteiger partial charge in [0.05, 0.1) is 25.4 Å². The molecule has 2 aliphatic heterocycles. The summed E-state index contributed by atoms with van der Waals surface area (Å²) in [5.74, 6) is 3.84. The van der Waals surface area contributed by atoms with Crippen LogP contribution >= 0.6 is 0 Å². The summed E-state index contributed by atoms with van der Waals surface area (Å²) < 4.78 is 17.2. The van der Waals surface area contributed by atoms with E-state index in [1.54, 1.807) is 0 Å². The molecule has 50 heavy (non-hydrogen) atoms. The molecular formula is C39H66O11. The molecule has 0 aromatic heterocycles. The highest BCUT2D eigenvalue weighted by Crippen LogP contribution is 2.67. The summed E-state index contributed by atoms with van der Waals surface area (Å²) in [6, 6.07) is 0. The van der Waals surface area contributed by atoms with Crippen LogP contribution in [0.15, 0.2) is 11.6 Å². The Labute approximate surface area is 298 Å². The van der Waals surface area contributed by atoms with Gasteiger partial charge in [-0.3, -0.25) is 0 Å². The van der Waals surface area contributed by atoms with Gasteiger partial charge >= 0.3 is 0 Å². The van der Waals surface area contributed by atoms with Gasteiger partial charge in [-0.15, -0.1) is 0 Å². The maximum absolute atomic E-state index is 11.0. The fourth-order valence-electron chi connectivity index (χ4n) is 12.0. The molecule has 2 heterocycles. The SMILES string of the molecule is CC(CCC[C@@H](C)[C@H]1CC[C@H]2[C@@H]3CC=C4C[C@@H](O)CC[C@]4(C)[C@H]3CC[C@]12C)CC1O[C@H](CO)[C@@H](O[C@@H]2O[C@H](CO)[C@H](O)[C@H](O)[C@H]2O)[C@H](O)[C@H]1O. The van der Waals surface area contributed by atoms with E-state index in [9.17, 15) is 40.9 Å². The highest BCUT2D eigenvalue weighted by atomic mass is 16.7. The highest BCUT2D eigenvalue weighted by molar-refractivity contribution is 5.25. The van der Waals surface area contributed by atoms with Crippen molar-refractivity contribution in [3.8, 4) is 0 Å². The summed E-state index contributed by atoms with van der Waals surface area (Å²) in [5, 5.41) is 82.6. The fraction of sp³-hybridized carbons (Fsp3) is 0.949. The van der Waals surface area contributed by atoms with Crippen LogP contribution in [0.3, 0.4) is 0 Å². The monoisotopic (exact) mass is 710 g/mol. The van der Waals surface area contributed by atoms with Crippen molar-refractivity contribution in [2.45, 2.75) is 172 Å². The van der Waals surface area contributed by atoms with Crippen molar-refractivity contribution in [1.82, 2.24) is 0 Å². The molecule has 11 nitrogen and oxygen atoms in total. The first-order valence-electron chi connectivity index (χ1n) is 19.7. The van der Waals surface area contributed by atoms with Crippen molar-refractivity contribution < 1.29 is 55.1 Å². The molecule has 11 heteroatoms. The number of hydrogen-bond acceptors (Lipinski definition) is 11. The lowest BCUT2D eigenvalue weighted by Crippen LogP contribution is -2.64. The molecule has 6 aliphatic rings. The molecule has 2 unspecified atom stereocenters. The van der Waals surface area contributed by atoms with Crippen molar-refractivity contribution in [3.63, 3.8) is 0 Å². The van der Waals surface area contributed by atoms with Crippen LogP contribution < -0.4 is 0 Å². The molecule has 2 saturated heterocycles. The van der Waals surface area contributed by atoms with Crippen LogP contribution in [0, 0.1) is 46.3 Å². The first kappa shape index (κ1) is 39.0. The minimum absolute atomic E-state index is 0.163. The molecule has 5 fully saturated rings. The van der Waals surface area contributed by atoms with Gasteiger partial charge in [-0.25, -0.2) is 0 Å². The lowest BCUT2D eigenvalue weighted by molar-refractivity contribution is -0.342. The topological polar surface area (TPSA) is 190 Å². The number of aliphatic hydroxyl groups is 8. The third-order valence-electron chi connectivity index (χ3n) is 14.9. The van der Waals surface area contributed by atoms with Gasteiger partial charge in [-0.2, -0.15) is 0 Å². The van der Waals surface area contributed by atoms with Crippen molar-refractivity contribution in [2.24, 2.45) is 46.3 Å². The first-order chi connectivity index (χ1) is 23.7. The van der Waals surface area contributed by atoms with Crippen LogP contribution in [0.1, 0.15) is 105 Å². The predicted octanol–water partition coefficient (Wildman–Crippen LogP) is 2.43. The van der Waals surface area contributed by atoms with Crippen LogP contribution in [-0.4, -0.2) is 121 Å². The van der Waals surface area contributed by atoms with E-state index in [4.69, 9.17) is 14.2 Å². The Morgan fingerprint density at radius 3 is 2.22 bits per heavy atom. The fourth-order valence-corrected chi connectivity index (χ4v) is 12.0. The summed E-state index contributed by atoms with van der Waals surface area (Å²) in [6.45, 7) is 8.52. The van der Waals surface area contributed by atoms with E-state index in [1.165, 1.54) is 37.7 Å². The normalized spacial score (nSPS) is 50.5. The molecule has 4 aliphatic carbocycles. The van der Waals surface area contributed by atoms with Crippen LogP contribution in [-0.2, 0) is 14.2 Å². The Kier molecular flexibility index (Phi) is 12.1. The second-order valence-corrected chi connectivity index (χ2v) is 17.8. The molecule has 6 rings (SSSR count). The zero-order chi connectivity index (χ0) is 36.1. The second kappa shape index (κ2) is 15.6. The van der Waals surface area contributed by atoms with E-state index in [-0.39, 0.29) is 17.4 Å². The summed E-state index contributed by atoms with van der Waals surface area (Å²) >= 11 is 0. The van der Waals surface area contributed by atoms with Gasteiger partial charge < -0.3 is 55.1 Å². The minimum Gasteiger partial charge on any atom is -0.394 e. The largest absolute Gasteiger partial charge is 0.394 e. The Morgan fingerprint density at radius 1 is 0.780 bits per heavy atom. The Balaban J connectivity index is 0.989. The molecule has 0 aromatic carbocycles. The van der Waals surface area contributed by atoms with Crippen LogP contribution in [0.25, 0.3) is 0 Å². The third-order valence-corrected chi connectivity index (χ3v) is 14.9. The molecular weight excluding hydrogens is 644 g/mol. The summed E-state index contributed by atoms with van der Waals surface area (Å²) in [7, 11) is 0. The maximum atomic E-state index is 11.0. The molecule has 0 amide bonds. The van der Waals surface area contributed by atoms with Crippen molar-refractivity contribution in [3.05, 3.63) is 11.6 Å². The van der Waals surface area contributed by atoms with Gasteiger partial charge in [0, 0.05) is 0 Å². The molecule has 0 spiro atoms. The van der Waals surface area contributed by atoms with Crippen LogP contribution in [0.2, 0.25) is 0 Å². The number of rotatable bonds is 11. The minimum atomic E-state index is -1.68. The lowest BCUT2D eigenvalue weighted by atomic mass is 9.47. The second-order valence-electron chi connectivity index (χ2n) is 17.8. The highest BCUT2D eigenvalue weighted by Gasteiger charge is 2.59. The van der Waals surface area contributed by atoms with Gasteiger partial charge in [-0.05, 0) is 104 Å². The smallest absolute Gasteiger partial charge is 0.187 e. The van der Waals surface area contributed by atoms with Gasteiger partial charge in [0.2, 0.25) is 0 Å². The summed E-state index contributed by atoms with van der Waals surface area (Å²) in [6.07, 6.45) is 1.96. The Morgan fingerprint density at radius 2 is 1.50 bits per heavy atom. The zero-order valence-electron chi connectivity index (χ0n) is 30.6. The number of allylic oxidation sites excluding steroid dienone is 1. The third kappa shape index (κ3) is 7.12. The number of aliphatic hydroxyl groups excluding tert-OH is 8. The quantitative estimate of drug-likeness (QED) is 0.147. The van der Waals surface area contributed by atoms with Gasteiger partial charge in [0.15, 0.2) is 6.29 Å². The van der Waals surface area contributed by atoms with Gasteiger partial charge in [-0.1, -0.05) is 58.6 Å². The zero-order valence-corrected chi connectivity index (χ0v) is 30.6. The average molecular weight is 711 g/mol. The molecule has 0 aromatic rings. The standard InChI is InChI=1S/C39H66O11/c1-20(16-28-31(43)34(46)36(30(19-41)48-28)50-37-35(47)33(45)32(44)29(18-40)49-37)6-5-7-21(2)25-10-11-26-24-9-8-22-17-23(42)12-14-38(22,3)27(24)13-15-39(25,26)4/h8,20-21,23-37,40-47H,5-7,9-19H2,1-4H3/t20?,21-,23+,24+,25-,26+,27+,28?,29-,30-,31+,32+,33+,34-,35-,36-,37+,38+,39-/m1/s1. The first-order valence-corrected chi connectivity index (χ1v) is 19.7. The number of fused-ring (bicyclic) bond motifs is 5. The van der Waals surface area contributed by atoms with Gasteiger partial charge in [0.1, 0.15) is 48.8 Å². The van der Waals surface area contributed by atoms with E-state index in [0.717, 1.165) is 62.2 Å². The Hall–Kier alpha value is -0.700. The molecule has 3 saturated carbocycles. The number of ether oxygens (including phenoxy) is 3. The number of hydrogen-bond donors (Lipinski definition) is 8. The van der Waals surface area contributed by atoms with E-state index in [2.05, 4.69) is 33.8 Å². The molecule has 0 radical (unpaired) electrons. The van der Waals surface area contributed by atoms with Crippen LogP contribution in [0.5, 0.6) is 0 Å². The van der Waals surface area contributed by atoms with Crippen LogP contribution in [0.4, 0.5) is 0 Å². The Bertz CT molecular complexity index is 1160. The van der Waals surface area contributed by atoms with E-state index in [0.29, 0.717) is 17.8 Å². The predicted molar refractivity (Wildman–Crippen MR) is 184 cm³/mol. The molecule has 19 atom stereocenters. The van der Waals surface area contributed by atoms with Crippen molar-refractivity contribution in [1.29, 1.82) is 0 Å². The molecule has 0 bridgehead atoms. The summed E-state index contributed by atoms with van der Waals surface area (Å²) in [4.78, 5) is 0. The molecule has 8 N–H and O–H groups in total. The lowest BCUT2D eigenvalue weighted by Gasteiger charge is -2.58. The van der Waals surface area contributed by atoms with Crippen molar-refractivity contribution in [2.75, 3.05) is 13.2 Å². The maximum Gasteiger partial charge on any atom is 0.187 e.